The molecule has 0 bridgehead atoms. The van der Waals surface area contributed by atoms with Crippen LogP contribution >= 0.6 is 0 Å². The second-order valence-corrected chi connectivity index (χ2v) is 5.90. The van der Waals surface area contributed by atoms with Crippen LogP contribution in [0.2, 0.25) is 0 Å². The zero-order chi connectivity index (χ0) is 14.5. The second kappa shape index (κ2) is 6.91. The van der Waals surface area contributed by atoms with E-state index in [9.17, 15) is 0 Å². The number of aryl methyl sites for hydroxylation is 1. The predicted molar refractivity (Wildman–Crippen MR) is 85.4 cm³/mol. The molecule has 1 saturated heterocycles. The SMILES string of the molecule is CCC(C)Nc1cc(C)nc(N2CCCCC2CC)n1. The van der Waals surface area contributed by atoms with Crippen molar-refractivity contribution in [1.29, 1.82) is 0 Å². The third kappa shape index (κ3) is 3.62. The molecule has 1 aliphatic heterocycles. The van der Waals surface area contributed by atoms with E-state index in [-0.39, 0.29) is 0 Å². The standard InChI is InChI=1S/C16H28N4/c1-5-12(3)17-15-11-13(4)18-16(19-15)20-10-8-7-9-14(20)6-2/h11-12,14H,5-10H2,1-4H3,(H,17,18,19). The Bertz CT molecular complexity index is 432. The summed E-state index contributed by atoms with van der Waals surface area (Å²) in [7, 11) is 0. The first kappa shape index (κ1) is 15.1. The number of hydrogen-bond donors (Lipinski definition) is 1. The lowest BCUT2D eigenvalue weighted by molar-refractivity contribution is 0.443. The molecule has 1 aromatic heterocycles. The number of nitrogens with one attached hydrogen (secondary N) is 1. The van der Waals surface area contributed by atoms with Crippen molar-refractivity contribution in [3.63, 3.8) is 0 Å². The highest BCUT2D eigenvalue weighted by atomic mass is 15.3. The van der Waals surface area contributed by atoms with Crippen LogP contribution in [0.5, 0.6) is 0 Å². The van der Waals surface area contributed by atoms with Gasteiger partial charge in [-0.15, -0.1) is 0 Å². The van der Waals surface area contributed by atoms with Crippen molar-refractivity contribution in [1.82, 2.24) is 9.97 Å². The van der Waals surface area contributed by atoms with E-state index >= 15 is 0 Å². The van der Waals surface area contributed by atoms with Crippen LogP contribution in [0.15, 0.2) is 6.07 Å². The summed E-state index contributed by atoms with van der Waals surface area (Å²) in [6.07, 6.45) is 6.12. The van der Waals surface area contributed by atoms with Gasteiger partial charge in [-0.25, -0.2) is 4.98 Å². The Morgan fingerprint density at radius 1 is 1.35 bits per heavy atom. The lowest BCUT2D eigenvalue weighted by Crippen LogP contribution is -2.40. The maximum Gasteiger partial charge on any atom is 0.227 e. The fraction of sp³-hybridized carbons (Fsp3) is 0.750. The summed E-state index contributed by atoms with van der Waals surface area (Å²) >= 11 is 0. The predicted octanol–water partition coefficient (Wildman–Crippen LogP) is 3.76. The van der Waals surface area contributed by atoms with Gasteiger partial charge in [0.15, 0.2) is 0 Å². The molecule has 0 aromatic carbocycles. The van der Waals surface area contributed by atoms with Crippen LogP contribution in [0.4, 0.5) is 11.8 Å². The molecule has 112 valence electrons. The number of nitrogens with zero attached hydrogens (tertiary/aromatic N) is 3. The Morgan fingerprint density at radius 3 is 2.85 bits per heavy atom. The molecule has 1 aliphatic rings. The largest absolute Gasteiger partial charge is 0.367 e. The average molecular weight is 276 g/mol. The first-order chi connectivity index (χ1) is 9.63. The molecular weight excluding hydrogens is 248 g/mol. The minimum atomic E-state index is 0.445. The monoisotopic (exact) mass is 276 g/mol. The molecule has 4 heteroatoms. The Kier molecular flexibility index (Phi) is 5.21. The van der Waals surface area contributed by atoms with E-state index in [4.69, 9.17) is 4.98 Å². The minimum absolute atomic E-state index is 0.445. The van der Waals surface area contributed by atoms with Gasteiger partial charge in [0.25, 0.3) is 0 Å². The van der Waals surface area contributed by atoms with Gasteiger partial charge in [0.1, 0.15) is 5.82 Å². The van der Waals surface area contributed by atoms with Crippen molar-refractivity contribution in [2.45, 2.75) is 71.9 Å². The summed E-state index contributed by atoms with van der Waals surface area (Å²) in [4.78, 5) is 11.8. The molecule has 0 radical (unpaired) electrons. The van der Waals surface area contributed by atoms with Crippen LogP contribution in [0, 0.1) is 6.92 Å². The van der Waals surface area contributed by atoms with Crippen LogP contribution in [-0.2, 0) is 0 Å². The maximum atomic E-state index is 4.75. The van der Waals surface area contributed by atoms with E-state index in [1.54, 1.807) is 0 Å². The zero-order valence-corrected chi connectivity index (χ0v) is 13.3. The van der Waals surface area contributed by atoms with E-state index in [0.717, 1.165) is 30.4 Å². The molecule has 0 saturated carbocycles. The number of piperidine rings is 1. The highest BCUT2D eigenvalue weighted by molar-refractivity contribution is 5.45. The van der Waals surface area contributed by atoms with Gasteiger partial charge in [0.2, 0.25) is 5.95 Å². The Morgan fingerprint density at radius 2 is 2.15 bits per heavy atom. The Hall–Kier alpha value is -1.32. The third-order valence-corrected chi connectivity index (χ3v) is 4.20. The highest BCUT2D eigenvalue weighted by Crippen LogP contribution is 2.25. The lowest BCUT2D eigenvalue weighted by atomic mass is 10.0. The van der Waals surface area contributed by atoms with E-state index in [1.807, 2.05) is 6.07 Å². The third-order valence-electron chi connectivity index (χ3n) is 4.20. The van der Waals surface area contributed by atoms with Gasteiger partial charge in [0.05, 0.1) is 0 Å². The van der Waals surface area contributed by atoms with Gasteiger partial charge in [-0.3, -0.25) is 0 Å². The summed E-state index contributed by atoms with van der Waals surface area (Å²) in [5.74, 6) is 1.87. The smallest absolute Gasteiger partial charge is 0.227 e. The van der Waals surface area contributed by atoms with Crippen molar-refractivity contribution in [3.05, 3.63) is 11.8 Å². The summed E-state index contributed by atoms with van der Waals surface area (Å²) < 4.78 is 0. The molecule has 2 heterocycles. The lowest BCUT2D eigenvalue weighted by Gasteiger charge is -2.35. The van der Waals surface area contributed by atoms with Crippen molar-refractivity contribution in [2.24, 2.45) is 0 Å². The first-order valence-electron chi connectivity index (χ1n) is 8.02. The number of aromatic nitrogens is 2. The van der Waals surface area contributed by atoms with Gasteiger partial charge in [0, 0.05) is 30.4 Å². The summed E-state index contributed by atoms with van der Waals surface area (Å²) in [6, 6.07) is 3.09. The van der Waals surface area contributed by atoms with Gasteiger partial charge in [-0.2, -0.15) is 4.98 Å². The molecular formula is C16H28N4. The van der Waals surface area contributed by atoms with Crippen LogP contribution in [0.3, 0.4) is 0 Å². The van der Waals surface area contributed by atoms with Crippen LogP contribution in [-0.4, -0.2) is 28.6 Å². The quantitative estimate of drug-likeness (QED) is 0.889. The molecule has 2 unspecified atom stereocenters. The number of rotatable bonds is 5. The molecule has 1 N–H and O–H groups in total. The Labute approximate surface area is 123 Å². The number of anilines is 2. The van der Waals surface area contributed by atoms with E-state index in [1.165, 1.54) is 25.7 Å². The van der Waals surface area contributed by atoms with Gasteiger partial charge in [-0.05, 0) is 46.0 Å². The number of hydrogen-bond acceptors (Lipinski definition) is 4. The molecule has 2 atom stereocenters. The molecule has 4 nitrogen and oxygen atoms in total. The van der Waals surface area contributed by atoms with Crippen LogP contribution in [0.1, 0.15) is 58.6 Å². The van der Waals surface area contributed by atoms with Gasteiger partial charge < -0.3 is 10.2 Å². The minimum Gasteiger partial charge on any atom is -0.367 e. The summed E-state index contributed by atoms with van der Waals surface area (Å²) in [5, 5.41) is 3.47. The fourth-order valence-electron chi connectivity index (χ4n) is 2.80. The van der Waals surface area contributed by atoms with E-state index < -0.39 is 0 Å². The molecule has 20 heavy (non-hydrogen) atoms. The molecule has 0 spiro atoms. The molecule has 1 aromatic rings. The van der Waals surface area contributed by atoms with Crippen LogP contribution in [0.25, 0.3) is 0 Å². The second-order valence-electron chi connectivity index (χ2n) is 5.90. The average Bonchev–Trinajstić information content (AvgIpc) is 2.46. The molecule has 0 amide bonds. The topological polar surface area (TPSA) is 41.1 Å². The van der Waals surface area contributed by atoms with Crippen molar-refractivity contribution in [3.8, 4) is 0 Å². The molecule has 1 fully saturated rings. The van der Waals surface area contributed by atoms with E-state index in [0.29, 0.717) is 12.1 Å². The van der Waals surface area contributed by atoms with Crippen molar-refractivity contribution < 1.29 is 0 Å². The molecule has 2 rings (SSSR count). The van der Waals surface area contributed by atoms with Crippen molar-refractivity contribution in [2.75, 3.05) is 16.8 Å². The summed E-state index contributed by atoms with van der Waals surface area (Å²) in [5.41, 5.74) is 1.04. The first-order valence-corrected chi connectivity index (χ1v) is 8.02. The van der Waals surface area contributed by atoms with Gasteiger partial charge in [-0.1, -0.05) is 13.8 Å². The highest BCUT2D eigenvalue weighted by Gasteiger charge is 2.23. The maximum absolute atomic E-state index is 4.75. The summed E-state index contributed by atoms with van der Waals surface area (Å²) in [6.45, 7) is 9.77. The van der Waals surface area contributed by atoms with Gasteiger partial charge >= 0.3 is 0 Å². The molecule has 0 aliphatic carbocycles. The zero-order valence-electron chi connectivity index (χ0n) is 13.3. The van der Waals surface area contributed by atoms with Crippen molar-refractivity contribution >= 4 is 11.8 Å². The van der Waals surface area contributed by atoms with Crippen LogP contribution < -0.4 is 10.2 Å². The fourth-order valence-corrected chi connectivity index (χ4v) is 2.80. The Balaban J connectivity index is 2.21. The normalized spacial score (nSPS) is 20.8. The van der Waals surface area contributed by atoms with E-state index in [2.05, 4.69) is 42.9 Å².